The Labute approximate surface area is 315 Å². The van der Waals surface area contributed by atoms with Crippen molar-refractivity contribution in [3.05, 3.63) is 0 Å². The SMILES string of the molecule is CC(=O)NC1C(OCCCCCCCCC(=O)ON2C(=O)CCC2=O)OC(CO)C(OC2OC(CO)C(O)C(OC3OC(CO)C(O)C(O)C3O)C2O)C1O. The summed E-state index contributed by atoms with van der Waals surface area (Å²) >= 11 is 0. The van der Waals surface area contributed by atoms with E-state index in [1.807, 2.05) is 0 Å². The third-order valence-corrected chi connectivity index (χ3v) is 9.73. The molecule has 10 N–H and O–H groups in total. The van der Waals surface area contributed by atoms with Crippen LogP contribution in [0.3, 0.4) is 0 Å². The van der Waals surface area contributed by atoms with E-state index in [2.05, 4.69) is 5.32 Å². The molecule has 15 unspecified atom stereocenters. The summed E-state index contributed by atoms with van der Waals surface area (Å²) in [6, 6.07) is -1.25. The molecule has 4 heterocycles. The van der Waals surface area contributed by atoms with Crippen molar-refractivity contribution in [3.8, 4) is 0 Å². The number of aliphatic hydroxyl groups excluding tert-OH is 9. The van der Waals surface area contributed by atoms with Crippen LogP contribution in [0.2, 0.25) is 0 Å². The molecular weight excluding hydrogens is 744 g/mol. The summed E-state index contributed by atoms with van der Waals surface area (Å²) in [4.78, 5) is 52.0. The highest BCUT2D eigenvalue weighted by Gasteiger charge is 2.54. The molecule has 0 radical (unpaired) electrons. The number of ether oxygens (including phenoxy) is 6. The third-order valence-electron chi connectivity index (χ3n) is 9.73. The Balaban J connectivity index is 1.28. The van der Waals surface area contributed by atoms with Crippen molar-refractivity contribution < 1.29 is 98.4 Å². The molecule has 55 heavy (non-hydrogen) atoms. The van der Waals surface area contributed by atoms with E-state index in [1.54, 1.807) is 0 Å². The number of hydrogen-bond donors (Lipinski definition) is 10. The number of unbranched alkanes of at least 4 members (excludes halogenated alkanes) is 5. The Bertz CT molecular complexity index is 1250. The molecule has 0 saturated carbocycles. The number of aliphatic hydroxyl groups is 9. The largest absolute Gasteiger partial charge is 0.394 e. The van der Waals surface area contributed by atoms with Gasteiger partial charge in [-0.2, -0.15) is 0 Å². The third kappa shape index (κ3) is 11.5. The molecule has 4 rings (SSSR count). The average molecular weight is 799 g/mol. The summed E-state index contributed by atoms with van der Waals surface area (Å²) in [7, 11) is 0. The predicted molar refractivity (Wildman–Crippen MR) is 176 cm³/mol. The Hall–Kier alpha value is -2.52. The minimum Gasteiger partial charge on any atom is -0.394 e. The Morgan fingerprint density at radius 1 is 0.655 bits per heavy atom. The molecule has 4 aliphatic rings. The second-order valence-electron chi connectivity index (χ2n) is 13.8. The van der Waals surface area contributed by atoms with E-state index in [-0.39, 0.29) is 25.9 Å². The van der Waals surface area contributed by atoms with Crippen LogP contribution >= 0.6 is 0 Å². The summed E-state index contributed by atoms with van der Waals surface area (Å²) in [6.07, 6.45) is -19.0. The fourth-order valence-electron chi connectivity index (χ4n) is 6.66. The topological polar surface area (TPSA) is 330 Å². The van der Waals surface area contributed by atoms with E-state index in [1.165, 1.54) is 6.92 Å². The lowest BCUT2D eigenvalue weighted by Gasteiger charge is -2.48. The van der Waals surface area contributed by atoms with Crippen LogP contribution in [-0.2, 0) is 52.4 Å². The first-order chi connectivity index (χ1) is 26.2. The van der Waals surface area contributed by atoms with Crippen LogP contribution in [0.25, 0.3) is 0 Å². The summed E-state index contributed by atoms with van der Waals surface area (Å²) in [5.74, 6) is -2.31. The lowest BCUT2D eigenvalue weighted by Crippen LogP contribution is -2.68. The van der Waals surface area contributed by atoms with E-state index in [0.29, 0.717) is 30.7 Å². The number of carbonyl (C=O) groups excluding carboxylic acids is 4. The van der Waals surface area contributed by atoms with Gasteiger partial charge in [0.25, 0.3) is 11.8 Å². The molecule has 0 spiro atoms. The molecule has 4 fully saturated rings. The number of carbonyl (C=O) groups is 4. The van der Waals surface area contributed by atoms with Gasteiger partial charge in [-0.25, -0.2) is 4.79 Å². The first-order valence-electron chi connectivity index (χ1n) is 18.4. The highest BCUT2D eigenvalue weighted by atomic mass is 16.8. The van der Waals surface area contributed by atoms with Gasteiger partial charge >= 0.3 is 5.97 Å². The summed E-state index contributed by atoms with van der Waals surface area (Å²) in [5, 5.41) is 96.7. The Kier molecular flexibility index (Phi) is 17.5. The molecule has 0 aromatic heterocycles. The van der Waals surface area contributed by atoms with Gasteiger partial charge in [0.05, 0.1) is 19.8 Å². The van der Waals surface area contributed by atoms with Gasteiger partial charge in [-0.15, -0.1) is 5.06 Å². The van der Waals surface area contributed by atoms with Crippen LogP contribution in [0.5, 0.6) is 0 Å². The van der Waals surface area contributed by atoms with Gasteiger partial charge < -0.3 is 84.5 Å². The fraction of sp³-hybridized carbons (Fsp3) is 0.879. The van der Waals surface area contributed by atoms with Crippen LogP contribution in [0.4, 0.5) is 0 Å². The van der Waals surface area contributed by atoms with Crippen molar-refractivity contribution in [3.63, 3.8) is 0 Å². The maximum atomic E-state index is 12.1. The maximum absolute atomic E-state index is 12.1. The number of hydroxylamine groups is 2. The predicted octanol–water partition coefficient (Wildman–Crippen LogP) is -5.07. The van der Waals surface area contributed by atoms with Crippen LogP contribution in [-0.4, -0.2) is 193 Å². The van der Waals surface area contributed by atoms with E-state index in [0.717, 1.165) is 12.8 Å². The molecule has 0 aromatic carbocycles. The number of nitrogens with zero attached hydrogens (tertiary/aromatic N) is 1. The van der Waals surface area contributed by atoms with Gasteiger partial charge in [-0.3, -0.25) is 14.4 Å². The molecule has 0 aliphatic carbocycles. The fourth-order valence-corrected chi connectivity index (χ4v) is 6.66. The molecule has 4 aliphatic heterocycles. The van der Waals surface area contributed by atoms with E-state index < -0.39 is 136 Å². The minimum absolute atomic E-state index is 0.0198. The summed E-state index contributed by atoms with van der Waals surface area (Å²) < 4.78 is 34.0. The monoisotopic (exact) mass is 798 g/mol. The Morgan fingerprint density at radius 2 is 1.18 bits per heavy atom. The van der Waals surface area contributed by atoms with Gasteiger partial charge in [0, 0.05) is 32.8 Å². The molecular formula is C33H54N2O20. The second-order valence-corrected chi connectivity index (χ2v) is 13.8. The average Bonchev–Trinajstić information content (AvgIpc) is 3.47. The number of amides is 3. The molecule has 316 valence electrons. The first kappa shape index (κ1) is 45.2. The van der Waals surface area contributed by atoms with Crippen LogP contribution in [0.1, 0.15) is 64.7 Å². The van der Waals surface area contributed by atoms with Crippen LogP contribution in [0, 0.1) is 0 Å². The number of nitrogens with one attached hydrogen (secondary N) is 1. The Morgan fingerprint density at radius 3 is 1.78 bits per heavy atom. The molecule has 4 saturated heterocycles. The highest BCUT2D eigenvalue weighted by Crippen LogP contribution is 2.33. The van der Waals surface area contributed by atoms with Crippen molar-refractivity contribution in [1.82, 2.24) is 10.4 Å². The van der Waals surface area contributed by atoms with Crippen molar-refractivity contribution >= 4 is 23.7 Å². The summed E-state index contributed by atoms with van der Waals surface area (Å²) in [6.45, 7) is -1.05. The van der Waals surface area contributed by atoms with E-state index in [4.69, 9.17) is 33.3 Å². The number of imide groups is 1. The van der Waals surface area contributed by atoms with Crippen molar-refractivity contribution in [2.45, 2.75) is 157 Å². The first-order valence-corrected chi connectivity index (χ1v) is 18.4. The molecule has 3 amide bonds. The smallest absolute Gasteiger partial charge is 0.333 e. The zero-order valence-electron chi connectivity index (χ0n) is 30.3. The second kappa shape index (κ2) is 21.3. The number of rotatable bonds is 19. The molecule has 22 heteroatoms. The van der Waals surface area contributed by atoms with E-state index in [9.17, 15) is 65.1 Å². The molecule has 22 nitrogen and oxygen atoms in total. The minimum atomic E-state index is -1.94. The lowest BCUT2D eigenvalue weighted by molar-refractivity contribution is -0.376. The van der Waals surface area contributed by atoms with Gasteiger partial charge in [-0.05, 0) is 12.8 Å². The van der Waals surface area contributed by atoms with Crippen molar-refractivity contribution in [1.29, 1.82) is 0 Å². The standard InChI is InChI=1S/C33H54N2O20/c1-15(39)34-22-25(45)29(53-33-28(48)30(24(44)17(13-37)51-33)54-32-27(47)26(46)23(43)16(12-36)50-32)18(14-38)52-31(22)49-11-7-5-3-2-4-6-8-21(42)55-35-19(40)9-10-20(35)41/h16-18,22-33,36-38,43-48H,2-14H2,1H3,(H,34,39). The van der Waals surface area contributed by atoms with Crippen molar-refractivity contribution in [2.24, 2.45) is 0 Å². The van der Waals surface area contributed by atoms with Crippen LogP contribution < -0.4 is 5.32 Å². The zero-order chi connectivity index (χ0) is 40.4. The molecule has 0 aromatic rings. The normalized spacial score (nSPS) is 38.3. The lowest BCUT2D eigenvalue weighted by atomic mass is 9.95. The highest BCUT2D eigenvalue weighted by molar-refractivity contribution is 6.01. The van der Waals surface area contributed by atoms with E-state index >= 15 is 0 Å². The maximum Gasteiger partial charge on any atom is 0.333 e. The van der Waals surface area contributed by atoms with Gasteiger partial charge in [0.15, 0.2) is 18.9 Å². The van der Waals surface area contributed by atoms with Gasteiger partial charge in [-0.1, -0.05) is 25.7 Å². The molecule has 0 bridgehead atoms. The van der Waals surface area contributed by atoms with Gasteiger partial charge in [0.2, 0.25) is 5.91 Å². The molecule has 15 atom stereocenters. The van der Waals surface area contributed by atoms with Crippen LogP contribution in [0.15, 0.2) is 0 Å². The van der Waals surface area contributed by atoms with Gasteiger partial charge in [0.1, 0.15) is 73.2 Å². The zero-order valence-corrected chi connectivity index (χ0v) is 30.3. The van der Waals surface area contributed by atoms with Crippen molar-refractivity contribution in [2.75, 3.05) is 26.4 Å². The summed E-state index contributed by atoms with van der Waals surface area (Å²) in [5.41, 5.74) is 0. The number of hydrogen-bond acceptors (Lipinski definition) is 20. The quantitative estimate of drug-likeness (QED) is 0.0432.